The molecule has 0 bridgehead atoms. The van der Waals surface area contributed by atoms with E-state index in [0.717, 1.165) is 166 Å². The third-order valence-corrected chi connectivity index (χ3v) is 15.6. The highest BCUT2D eigenvalue weighted by atomic mass is 16.5. The largest absolute Gasteiger partial charge is 0.493 e. The monoisotopic (exact) mass is 1090 g/mol. The predicted octanol–water partition coefficient (Wildman–Crippen LogP) is 9.95. The molecule has 2 aromatic heterocycles. The third kappa shape index (κ3) is 17.9. The maximum absolute atomic E-state index is 13.1. The van der Waals surface area contributed by atoms with Crippen LogP contribution in [0.1, 0.15) is 145 Å². The zero-order chi connectivity index (χ0) is 55.7. The van der Waals surface area contributed by atoms with Gasteiger partial charge in [-0.25, -0.2) is 0 Å². The van der Waals surface area contributed by atoms with Crippen LogP contribution < -0.4 is 29.6 Å². The molecular weight excluding hydrogens is 1000 g/mol. The molecule has 2 amide bonds. The van der Waals surface area contributed by atoms with Gasteiger partial charge in [-0.15, -0.1) is 10.2 Å². The number of hydrogen-bond acceptors (Lipinski definition) is 12. The standard InChI is InChI=1S/C64H88N10O6/c1-5-33-71(57-41-49-21-9-10-22-50(49)42-57)35-17-13-31-65-63(75)53-27-29-59(61(45-53)77-3)79-39-19-25-55-47-73(69-67-55)37-15-7-8-16-38-74-48-56(68-70-74)26-20-40-80-60-30-28-54(46-62(60)78-4)64(76)66-32-14-18-36-72(34-6-2)58-43-51-23-11-12-24-52(51)44-58/h9-12,21-24,27-30,45-48,57-58H,5-8,13-20,25-26,31-44H2,1-4H3,(H,65,75)(H,66,76). The van der Waals surface area contributed by atoms with Gasteiger partial charge in [-0.05, 0) is 188 Å². The fraction of sp³-hybridized carbons (Fsp3) is 0.531. The molecule has 2 aliphatic carbocycles. The summed E-state index contributed by atoms with van der Waals surface area (Å²) in [6.07, 6.45) is 22.1. The van der Waals surface area contributed by atoms with Crippen molar-refractivity contribution in [3.8, 4) is 23.0 Å². The molecule has 16 heteroatoms. The van der Waals surface area contributed by atoms with Gasteiger partial charge < -0.3 is 29.6 Å². The quantitative estimate of drug-likeness (QED) is 0.0356. The van der Waals surface area contributed by atoms with E-state index >= 15 is 0 Å². The second-order valence-corrected chi connectivity index (χ2v) is 21.7. The van der Waals surface area contributed by atoms with Crippen LogP contribution in [-0.4, -0.2) is 130 Å². The van der Waals surface area contributed by atoms with Gasteiger partial charge in [0.15, 0.2) is 23.0 Å². The molecule has 16 nitrogen and oxygen atoms in total. The summed E-state index contributed by atoms with van der Waals surface area (Å²) in [5, 5.41) is 23.7. The Morgan fingerprint density at radius 3 is 1.31 bits per heavy atom. The van der Waals surface area contributed by atoms with Gasteiger partial charge in [0.2, 0.25) is 0 Å². The first-order chi connectivity index (χ1) is 39.3. The van der Waals surface area contributed by atoms with Crippen molar-refractivity contribution >= 4 is 11.8 Å². The summed E-state index contributed by atoms with van der Waals surface area (Å²) in [5.41, 5.74) is 8.96. The van der Waals surface area contributed by atoms with Crippen molar-refractivity contribution in [3.63, 3.8) is 0 Å². The van der Waals surface area contributed by atoms with E-state index in [4.69, 9.17) is 18.9 Å². The summed E-state index contributed by atoms with van der Waals surface area (Å²) >= 11 is 0. The van der Waals surface area contributed by atoms with Crippen LogP contribution in [0.4, 0.5) is 0 Å². The molecule has 6 aromatic rings. The number of amides is 2. The maximum atomic E-state index is 13.1. The van der Waals surface area contributed by atoms with Crippen molar-refractivity contribution in [1.82, 2.24) is 50.4 Å². The van der Waals surface area contributed by atoms with Crippen LogP contribution in [0.3, 0.4) is 0 Å². The van der Waals surface area contributed by atoms with Gasteiger partial charge in [0, 0.05) is 61.8 Å². The highest BCUT2D eigenvalue weighted by Crippen LogP contribution is 2.31. The number of aromatic nitrogens is 6. The summed E-state index contributed by atoms with van der Waals surface area (Å²) in [5.74, 6) is 2.11. The Hall–Kier alpha value is -6.78. The predicted molar refractivity (Wildman–Crippen MR) is 314 cm³/mol. The van der Waals surface area contributed by atoms with Gasteiger partial charge >= 0.3 is 0 Å². The van der Waals surface area contributed by atoms with Gasteiger partial charge in [0.05, 0.1) is 38.8 Å². The van der Waals surface area contributed by atoms with E-state index in [1.54, 1.807) is 38.5 Å². The van der Waals surface area contributed by atoms with Gasteiger partial charge in [0.1, 0.15) is 0 Å². The lowest BCUT2D eigenvalue weighted by atomic mass is 10.1. The van der Waals surface area contributed by atoms with Crippen molar-refractivity contribution in [3.05, 3.63) is 142 Å². The number of hydrogen-bond donors (Lipinski definition) is 2. The van der Waals surface area contributed by atoms with Crippen LogP contribution in [0.25, 0.3) is 0 Å². The lowest BCUT2D eigenvalue weighted by Gasteiger charge is -2.28. The van der Waals surface area contributed by atoms with E-state index < -0.39 is 0 Å². The highest BCUT2D eigenvalue weighted by molar-refractivity contribution is 5.95. The zero-order valence-corrected chi connectivity index (χ0v) is 48.2. The van der Waals surface area contributed by atoms with Crippen LogP contribution in [0.5, 0.6) is 23.0 Å². The normalized spacial score (nSPS) is 13.2. The molecule has 0 spiro atoms. The van der Waals surface area contributed by atoms with Gasteiger partial charge in [-0.3, -0.25) is 28.8 Å². The fourth-order valence-electron chi connectivity index (χ4n) is 11.4. The Labute approximate surface area is 475 Å². The lowest BCUT2D eigenvalue weighted by molar-refractivity contribution is 0.0943. The van der Waals surface area contributed by atoms with Gasteiger partial charge in [0.25, 0.3) is 11.8 Å². The second kappa shape index (κ2) is 31.9. The van der Waals surface area contributed by atoms with Crippen molar-refractivity contribution < 1.29 is 28.5 Å². The summed E-state index contributed by atoms with van der Waals surface area (Å²) in [7, 11) is 3.20. The molecule has 8 rings (SSSR count). The number of rotatable bonds is 37. The topological polar surface area (TPSA) is 163 Å². The molecule has 0 unspecified atom stereocenters. The van der Waals surface area contributed by atoms with Gasteiger partial charge in [-0.2, -0.15) is 0 Å². The van der Waals surface area contributed by atoms with Crippen LogP contribution in [-0.2, 0) is 51.6 Å². The molecule has 0 aliphatic heterocycles. The SMILES string of the molecule is CCCN(CCCCNC(=O)c1ccc(OCCCc2cn(CCCCCCn3cc(CCCOc4ccc(C(=O)NCCCCN(CCC)C5Cc6ccccc6C5)cc4OC)nn3)nn2)c(OC)c1)C1Cc2ccccc2C1. The molecular formula is C64H88N10O6. The number of carbonyl (C=O) groups excluding carboxylic acids is 2. The molecule has 0 radical (unpaired) electrons. The average Bonchev–Trinajstić information content (AvgIpc) is 4.33. The third-order valence-electron chi connectivity index (χ3n) is 15.6. The lowest BCUT2D eigenvalue weighted by Crippen LogP contribution is -2.37. The number of ether oxygens (including phenoxy) is 4. The molecule has 0 fully saturated rings. The van der Waals surface area contributed by atoms with Crippen LogP contribution in [0.15, 0.2) is 97.3 Å². The minimum Gasteiger partial charge on any atom is -0.493 e. The van der Waals surface area contributed by atoms with E-state index in [1.165, 1.54) is 22.3 Å². The molecule has 2 aliphatic rings. The van der Waals surface area contributed by atoms with Crippen molar-refractivity contribution in [2.24, 2.45) is 0 Å². The Bertz CT molecular complexity index is 2590. The van der Waals surface area contributed by atoms with E-state index in [9.17, 15) is 9.59 Å². The number of nitrogens with one attached hydrogen (secondary N) is 2. The first-order valence-corrected chi connectivity index (χ1v) is 29.9. The van der Waals surface area contributed by atoms with Crippen molar-refractivity contribution in [2.75, 3.05) is 66.7 Å². The number of fused-ring (bicyclic) bond motifs is 2. The molecule has 430 valence electrons. The average molecular weight is 1090 g/mol. The number of unbranched alkanes of at least 4 members (excludes halogenated alkanes) is 5. The summed E-state index contributed by atoms with van der Waals surface area (Å²) in [6.45, 7) is 12.7. The highest BCUT2D eigenvalue weighted by Gasteiger charge is 2.27. The Morgan fingerprint density at radius 2 is 0.925 bits per heavy atom. The first kappa shape index (κ1) is 59.3. The molecule has 80 heavy (non-hydrogen) atoms. The first-order valence-electron chi connectivity index (χ1n) is 29.9. The summed E-state index contributed by atoms with van der Waals surface area (Å²) in [6, 6.07) is 29.6. The number of benzene rings is 4. The second-order valence-electron chi connectivity index (χ2n) is 21.7. The number of aryl methyl sites for hydroxylation is 4. The van der Waals surface area contributed by atoms with Crippen molar-refractivity contribution in [1.29, 1.82) is 0 Å². The minimum atomic E-state index is -0.103. The van der Waals surface area contributed by atoms with Gasteiger partial charge in [-0.1, -0.05) is 85.6 Å². The van der Waals surface area contributed by atoms with Crippen LogP contribution >= 0.6 is 0 Å². The van der Waals surface area contributed by atoms with Crippen LogP contribution in [0.2, 0.25) is 0 Å². The van der Waals surface area contributed by atoms with Crippen molar-refractivity contribution in [2.45, 2.75) is 155 Å². The minimum absolute atomic E-state index is 0.103. The smallest absolute Gasteiger partial charge is 0.251 e. The number of carbonyl (C=O) groups is 2. The molecule has 2 heterocycles. The zero-order valence-electron chi connectivity index (χ0n) is 48.2. The summed E-state index contributed by atoms with van der Waals surface area (Å²) < 4.78 is 27.3. The number of nitrogens with zero attached hydrogens (tertiary/aromatic N) is 8. The molecule has 0 saturated heterocycles. The molecule has 0 atom stereocenters. The van der Waals surface area contributed by atoms with E-state index in [0.29, 0.717) is 72.5 Å². The van der Waals surface area contributed by atoms with E-state index in [-0.39, 0.29) is 11.8 Å². The molecule has 0 saturated carbocycles. The summed E-state index contributed by atoms with van der Waals surface area (Å²) in [4.78, 5) is 31.4. The Balaban J connectivity index is 0.631. The molecule has 2 N–H and O–H groups in total. The maximum Gasteiger partial charge on any atom is 0.251 e. The molecule has 4 aromatic carbocycles. The van der Waals surface area contributed by atoms with E-state index in [1.807, 2.05) is 33.9 Å². The Morgan fingerprint density at radius 1 is 0.512 bits per heavy atom. The fourth-order valence-corrected chi connectivity index (χ4v) is 11.4. The van der Waals surface area contributed by atoms with E-state index in [2.05, 4.69) is 103 Å². The van der Waals surface area contributed by atoms with Crippen LogP contribution in [0, 0.1) is 0 Å². The Kier molecular flexibility index (Phi) is 23.6. The number of methoxy groups -OCH3 is 2.